The van der Waals surface area contributed by atoms with E-state index in [1.54, 1.807) is 11.7 Å². The maximum Gasteiger partial charge on any atom is 0.247 e. The Morgan fingerprint density at radius 2 is 2.27 bits per heavy atom. The van der Waals surface area contributed by atoms with Gasteiger partial charge in [0.1, 0.15) is 0 Å². The lowest BCUT2D eigenvalue weighted by Gasteiger charge is -2.07. The number of nitrogens with one attached hydrogen (secondary N) is 1. The van der Waals surface area contributed by atoms with Crippen molar-refractivity contribution in [3.63, 3.8) is 0 Å². The molecule has 0 unspecified atom stereocenters. The first-order valence-corrected chi connectivity index (χ1v) is 5.29. The van der Waals surface area contributed by atoms with Crippen LogP contribution < -0.4 is 11.1 Å². The van der Waals surface area contributed by atoms with Crippen molar-refractivity contribution < 1.29 is 0 Å². The molecule has 1 heterocycles. The lowest BCUT2D eigenvalue weighted by atomic mass is 10.3. The van der Waals surface area contributed by atoms with Gasteiger partial charge in [-0.3, -0.25) is 0 Å². The van der Waals surface area contributed by atoms with E-state index in [2.05, 4.69) is 43.4 Å². The molecule has 0 atom stereocenters. The molecule has 3 N–H and O–H groups in total. The van der Waals surface area contributed by atoms with E-state index in [1.807, 2.05) is 18.2 Å². The van der Waals surface area contributed by atoms with Gasteiger partial charge in [-0.25, -0.2) is 4.68 Å². The molecule has 0 fully saturated rings. The number of tetrazole rings is 1. The summed E-state index contributed by atoms with van der Waals surface area (Å²) in [7, 11) is 1.76. The topological polar surface area (TPSA) is 81.7 Å². The number of hydrogen-bond donors (Lipinski definition) is 2. The van der Waals surface area contributed by atoms with E-state index in [-0.39, 0.29) is 0 Å². The fourth-order valence-electron chi connectivity index (χ4n) is 1.09. The van der Waals surface area contributed by atoms with Crippen LogP contribution in [0, 0.1) is 3.57 Å². The highest BCUT2D eigenvalue weighted by atomic mass is 127. The van der Waals surface area contributed by atoms with Gasteiger partial charge in [0.25, 0.3) is 0 Å². The highest BCUT2D eigenvalue weighted by molar-refractivity contribution is 14.1. The second-order valence-electron chi connectivity index (χ2n) is 2.98. The van der Waals surface area contributed by atoms with E-state index in [0.717, 1.165) is 9.26 Å². The minimum Gasteiger partial charge on any atom is -0.397 e. The van der Waals surface area contributed by atoms with Gasteiger partial charge in [0.05, 0.1) is 11.4 Å². The summed E-state index contributed by atoms with van der Waals surface area (Å²) in [4.78, 5) is 0. The fourth-order valence-corrected chi connectivity index (χ4v) is 1.58. The first kappa shape index (κ1) is 10.1. The standard InChI is InChI=1S/C8H9IN6/c1-15-8(12-13-14-15)11-7-4-5(9)2-3-6(7)10/h2-4H,10H2,1H3,(H,11,12,14). The van der Waals surface area contributed by atoms with Crippen LogP contribution in [0.4, 0.5) is 17.3 Å². The molecule has 0 aliphatic heterocycles. The maximum absolute atomic E-state index is 5.81. The predicted octanol–water partition coefficient (Wildman–Crippen LogP) is 1.14. The lowest BCUT2D eigenvalue weighted by Crippen LogP contribution is -2.02. The second kappa shape index (κ2) is 4.01. The average molecular weight is 316 g/mol. The van der Waals surface area contributed by atoms with Gasteiger partial charge in [-0.05, 0) is 51.2 Å². The van der Waals surface area contributed by atoms with Crippen molar-refractivity contribution in [3.8, 4) is 0 Å². The van der Waals surface area contributed by atoms with Crippen molar-refractivity contribution in [1.29, 1.82) is 0 Å². The SMILES string of the molecule is Cn1nnnc1Nc1cc(I)ccc1N. The molecule has 7 heteroatoms. The van der Waals surface area contributed by atoms with Gasteiger partial charge in [0, 0.05) is 10.6 Å². The highest BCUT2D eigenvalue weighted by Gasteiger charge is 2.05. The first-order valence-electron chi connectivity index (χ1n) is 4.21. The van der Waals surface area contributed by atoms with Crippen molar-refractivity contribution in [2.24, 2.45) is 7.05 Å². The molecule has 0 amide bonds. The summed E-state index contributed by atoms with van der Waals surface area (Å²) in [6, 6.07) is 5.72. The van der Waals surface area contributed by atoms with E-state index >= 15 is 0 Å². The number of nitrogens with two attached hydrogens (primary N) is 1. The number of benzene rings is 1. The van der Waals surface area contributed by atoms with Crippen LogP contribution in [0.1, 0.15) is 0 Å². The molecule has 15 heavy (non-hydrogen) atoms. The molecule has 0 aliphatic rings. The van der Waals surface area contributed by atoms with Gasteiger partial charge in [0.15, 0.2) is 0 Å². The Bertz CT molecular complexity index is 480. The molecule has 78 valence electrons. The van der Waals surface area contributed by atoms with Gasteiger partial charge >= 0.3 is 0 Å². The summed E-state index contributed by atoms with van der Waals surface area (Å²) in [6.07, 6.45) is 0. The van der Waals surface area contributed by atoms with Crippen LogP contribution in [0.15, 0.2) is 18.2 Å². The van der Waals surface area contributed by atoms with Crippen molar-refractivity contribution >= 4 is 39.9 Å². The van der Waals surface area contributed by atoms with Gasteiger partial charge in [-0.15, -0.1) is 0 Å². The zero-order valence-corrected chi connectivity index (χ0v) is 10.1. The van der Waals surface area contributed by atoms with Crippen molar-refractivity contribution in [1.82, 2.24) is 20.2 Å². The quantitative estimate of drug-likeness (QED) is 0.641. The molecule has 0 saturated carbocycles. The van der Waals surface area contributed by atoms with Crippen LogP contribution in [-0.2, 0) is 7.05 Å². The summed E-state index contributed by atoms with van der Waals surface area (Å²) >= 11 is 2.22. The highest BCUT2D eigenvalue weighted by Crippen LogP contribution is 2.23. The molecular formula is C8H9IN6. The molecule has 2 rings (SSSR count). The minimum atomic E-state index is 0.559. The number of anilines is 3. The van der Waals surface area contributed by atoms with E-state index < -0.39 is 0 Å². The first-order chi connectivity index (χ1) is 7.16. The fraction of sp³-hybridized carbons (Fsp3) is 0.125. The Morgan fingerprint density at radius 3 is 2.93 bits per heavy atom. The number of hydrogen-bond acceptors (Lipinski definition) is 5. The molecule has 1 aromatic carbocycles. The van der Waals surface area contributed by atoms with E-state index in [0.29, 0.717) is 11.6 Å². The summed E-state index contributed by atoms with van der Waals surface area (Å²) < 4.78 is 2.64. The third-order valence-electron chi connectivity index (χ3n) is 1.88. The molecule has 0 saturated heterocycles. The molecule has 0 bridgehead atoms. The zero-order valence-electron chi connectivity index (χ0n) is 7.98. The van der Waals surface area contributed by atoms with Gasteiger partial charge in [-0.2, -0.15) is 0 Å². The Balaban J connectivity index is 2.32. The number of rotatable bonds is 2. The predicted molar refractivity (Wildman–Crippen MR) is 65.7 cm³/mol. The second-order valence-corrected chi connectivity index (χ2v) is 4.23. The van der Waals surface area contributed by atoms with Gasteiger partial charge in [-0.1, -0.05) is 5.10 Å². The molecule has 0 spiro atoms. The van der Waals surface area contributed by atoms with Crippen LogP contribution in [0.3, 0.4) is 0 Å². The Labute approximate surface area is 100.0 Å². The number of aryl methyl sites for hydroxylation is 1. The van der Waals surface area contributed by atoms with E-state index in [9.17, 15) is 0 Å². The normalized spacial score (nSPS) is 10.3. The van der Waals surface area contributed by atoms with Crippen molar-refractivity contribution in [2.45, 2.75) is 0 Å². The summed E-state index contributed by atoms with van der Waals surface area (Å²) in [5.41, 5.74) is 7.28. The van der Waals surface area contributed by atoms with Crippen molar-refractivity contribution in [2.75, 3.05) is 11.1 Å². The Hall–Kier alpha value is -1.38. The number of halogens is 1. The molecule has 6 nitrogen and oxygen atoms in total. The van der Waals surface area contributed by atoms with Crippen LogP contribution in [-0.4, -0.2) is 20.2 Å². The molecule has 0 aliphatic carbocycles. The molecule has 1 aromatic heterocycles. The number of nitrogens with zero attached hydrogens (tertiary/aromatic N) is 4. The van der Waals surface area contributed by atoms with Crippen molar-refractivity contribution in [3.05, 3.63) is 21.8 Å². The summed E-state index contributed by atoms with van der Waals surface area (Å²) in [5.74, 6) is 0.559. The number of aromatic nitrogens is 4. The minimum absolute atomic E-state index is 0.559. The smallest absolute Gasteiger partial charge is 0.247 e. The van der Waals surface area contributed by atoms with Crippen LogP contribution in [0.25, 0.3) is 0 Å². The zero-order chi connectivity index (χ0) is 10.8. The average Bonchev–Trinajstić information content (AvgIpc) is 2.58. The molecule has 0 radical (unpaired) electrons. The van der Waals surface area contributed by atoms with Gasteiger partial charge in [0.2, 0.25) is 5.95 Å². The third-order valence-corrected chi connectivity index (χ3v) is 2.55. The monoisotopic (exact) mass is 316 g/mol. The lowest BCUT2D eigenvalue weighted by molar-refractivity contribution is 0.715. The van der Waals surface area contributed by atoms with Crippen LogP contribution in [0.2, 0.25) is 0 Å². The van der Waals surface area contributed by atoms with Crippen LogP contribution >= 0.6 is 22.6 Å². The van der Waals surface area contributed by atoms with Crippen LogP contribution in [0.5, 0.6) is 0 Å². The maximum atomic E-state index is 5.81. The largest absolute Gasteiger partial charge is 0.397 e. The van der Waals surface area contributed by atoms with E-state index in [4.69, 9.17) is 5.73 Å². The van der Waals surface area contributed by atoms with E-state index in [1.165, 1.54) is 0 Å². The number of nitrogen functional groups attached to an aromatic ring is 1. The summed E-state index contributed by atoms with van der Waals surface area (Å²) in [6.45, 7) is 0. The Morgan fingerprint density at radius 1 is 1.47 bits per heavy atom. The summed E-state index contributed by atoms with van der Waals surface area (Å²) in [5, 5.41) is 14.1. The third kappa shape index (κ3) is 2.17. The molecule has 2 aromatic rings. The Kier molecular flexibility index (Phi) is 2.71. The van der Waals surface area contributed by atoms with Gasteiger partial charge < -0.3 is 11.1 Å². The molecular weight excluding hydrogens is 307 g/mol.